The molecule has 4 heteroatoms. The quantitative estimate of drug-likeness (QED) is 0.924. The van der Waals surface area contributed by atoms with E-state index in [4.69, 9.17) is 9.47 Å². The summed E-state index contributed by atoms with van der Waals surface area (Å²) in [6.45, 7) is 1.75. The second-order valence-corrected chi connectivity index (χ2v) is 5.07. The van der Waals surface area contributed by atoms with E-state index in [1.54, 1.807) is 7.11 Å². The maximum atomic E-state index is 5.69. The number of rotatable bonds is 4. The third-order valence-electron chi connectivity index (χ3n) is 2.97. The third-order valence-corrected chi connectivity index (χ3v) is 3.66. The van der Waals surface area contributed by atoms with Gasteiger partial charge in [-0.25, -0.2) is 0 Å². The van der Waals surface area contributed by atoms with E-state index in [0.29, 0.717) is 6.10 Å². The van der Waals surface area contributed by atoms with Gasteiger partial charge in [-0.2, -0.15) is 0 Å². The molecule has 1 atom stereocenters. The highest BCUT2D eigenvalue weighted by molar-refractivity contribution is 9.10. The predicted octanol–water partition coefficient (Wildman–Crippen LogP) is 3.44. The third kappa shape index (κ3) is 3.61. The summed E-state index contributed by atoms with van der Waals surface area (Å²) in [4.78, 5) is 0. The van der Waals surface area contributed by atoms with Gasteiger partial charge in [0.1, 0.15) is 5.75 Å². The minimum atomic E-state index is 0.335. The predicted molar refractivity (Wildman–Crippen MR) is 72.8 cm³/mol. The Morgan fingerprint density at radius 3 is 3.06 bits per heavy atom. The number of nitrogens with one attached hydrogen (secondary N) is 1. The summed E-state index contributed by atoms with van der Waals surface area (Å²) in [5.74, 6) is 0.861. The fourth-order valence-corrected chi connectivity index (χ4v) is 2.35. The first-order chi connectivity index (χ1) is 8.29. The topological polar surface area (TPSA) is 30.5 Å². The molecular weight excluding hydrogens is 282 g/mol. The van der Waals surface area contributed by atoms with Crippen LogP contribution in [0.15, 0.2) is 22.7 Å². The largest absolute Gasteiger partial charge is 0.497 e. The lowest BCUT2D eigenvalue weighted by atomic mass is 10.1. The molecule has 0 saturated carbocycles. The van der Waals surface area contributed by atoms with Crippen LogP contribution < -0.4 is 10.1 Å². The summed E-state index contributed by atoms with van der Waals surface area (Å²) in [5, 5.41) is 3.41. The first-order valence-electron chi connectivity index (χ1n) is 5.98. The molecule has 17 heavy (non-hydrogen) atoms. The summed E-state index contributed by atoms with van der Waals surface area (Å²) in [7, 11) is 1.68. The Kier molecular flexibility index (Phi) is 4.68. The smallest absolute Gasteiger partial charge is 0.121 e. The minimum Gasteiger partial charge on any atom is -0.497 e. The zero-order chi connectivity index (χ0) is 12.1. The second kappa shape index (κ2) is 6.26. The Balaban J connectivity index is 1.92. The monoisotopic (exact) mass is 299 g/mol. The van der Waals surface area contributed by atoms with Crippen molar-refractivity contribution in [1.29, 1.82) is 0 Å². The number of anilines is 1. The second-order valence-electron chi connectivity index (χ2n) is 4.22. The average molecular weight is 300 g/mol. The van der Waals surface area contributed by atoms with Crippen LogP contribution in [-0.4, -0.2) is 26.4 Å². The average Bonchev–Trinajstić information content (AvgIpc) is 2.39. The van der Waals surface area contributed by atoms with E-state index in [2.05, 4.69) is 21.2 Å². The van der Waals surface area contributed by atoms with Crippen molar-refractivity contribution in [2.45, 2.75) is 25.4 Å². The number of halogens is 1. The molecule has 1 N–H and O–H groups in total. The molecule has 0 aliphatic carbocycles. The highest BCUT2D eigenvalue weighted by atomic mass is 79.9. The van der Waals surface area contributed by atoms with E-state index in [0.717, 1.165) is 35.5 Å². The van der Waals surface area contributed by atoms with Crippen LogP contribution in [0.25, 0.3) is 0 Å². The SMILES string of the molecule is COc1ccc(Br)c(NCC2CCCCO2)c1. The molecule has 2 rings (SSSR count). The van der Waals surface area contributed by atoms with Gasteiger partial charge in [0.25, 0.3) is 0 Å². The van der Waals surface area contributed by atoms with E-state index in [1.165, 1.54) is 12.8 Å². The lowest BCUT2D eigenvalue weighted by molar-refractivity contribution is 0.0247. The number of benzene rings is 1. The first-order valence-corrected chi connectivity index (χ1v) is 6.78. The van der Waals surface area contributed by atoms with Gasteiger partial charge in [-0.15, -0.1) is 0 Å². The van der Waals surface area contributed by atoms with Crippen LogP contribution in [0.1, 0.15) is 19.3 Å². The fraction of sp³-hybridized carbons (Fsp3) is 0.538. The number of hydrogen-bond acceptors (Lipinski definition) is 3. The molecule has 0 bridgehead atoms. The Morgan fingerprint density at radius 1 is 1.47 bits per heavy atom. The Labute approximate surface area is 111 Å². The van der Waals surface area contributed by atoms with E-state index in [1.807, 2.05) is 18.2 Å². The summed E-state index contributed by atoms with van der Waals surface area (Å²) in [6.07, 6.45) is 3.95. The van der Waals surface area contributed by atoms with Gasteiger partial charge in [-0.05, 0) is 47.3 Å². The zero-order valence-electron chi connectivity index (χ0n) is 10.0. The van der Waals surface area contributed by atoms with Crippen molar-refractivity contribution in [3.63, 3.8) is 0 Å². The maximum absolute atomic E-state index is 5.69. The van der Waals surface area contributed by atoms with Gasteiger partial charge in [0.2, 0.25) is 0 Å². The van der Waals surface area contributed by atoms with Gasteiger partial charge in [0.15, 0.2) is 0 Å². The summed E-state index contributed by atoms with van der Waals surface area (Å²) in [6, 6.07) is 5.92. The molecule has 1 aromatic rings. The van der Waals surface area contributed by atoms with Crippen molar-refractivity contribution in [3.8, 4) is 5.75 Å². The number of hydrogen-bond donors (Lipinski definition) is 1. The minimum absolute atomic E-state index is 0.335. The number of ether oxygens (including phenoxy) is 2. The summed E-state index contributed by atoms with van der Waals surface area (Å²) < 4.78 is 11.9. The lowest BCUT2D eigenvalue weighted by Gasteiger charge is -2.23. The van der Waals surface area contributed by atoms with Crippen LogP contribution in [0.4, 0.5) is 5.69 Å². The first kappa shape index (κ1) is 12.7. The van der Waals surface area contributed by atoms with Crippen LogP contribution in [0, 0.1) is 0 Å². The standard InChI is InChI=1S/C13H18BrNO2/c1-16-10-5-6-12(14)13(8-10)15-9-11-4-2-3-7-17-11/h5-6,8,11,15H,2-4,7,9H2,1H3. The number of methoxy groups -OCH3 is 1. The normalized spacial score (nSPS) is 20.0. The Morgan fingerprint density at radius 2 is 2.35 bits per heavy atom. The van der Waals surface area contributed by atoms with Gasteiger partial charge < -0.3 is 14.8 Å². The molecule has 0 radical (unpaired) electrons. The van der Waals surface area contributed by atoms with Gasteiger partial charge in [0, 0.05) is 23.7 Å². The Hall–Kier alpha value is -0.740. The molecule has 94 valence electrons. The molecule has 1 fully saturated rings. The van der Waals surface area contributed by atoms with Crippen molar-refractivity contribution in [1.82, 2.24) is 0 Å². The van der Waals surface area contributed by atoms with E-state index in [-0.39, 0.29) is 0 Å². The van der Waals surface area contributed by atoms with E-state index < -0.39 is 0 Å². The summed E-state index contributed by atoms with van der Waals surface area (Å²) >= 11 is 3.53. The zero-order valence-corrected chi connectivity index (χ0v) is 11.6. The van der Waals surface area contributed by atoms with Gasteiger partial charge in [-0.3, -0.25) is 0 Å². The molecule has 1 saturated heterocycles. The maximum Gasteiger partial charge on any atom is 0.121 e. The van der Waals surface area contributed by atoms with Crippen molar-refractivity contribution < 1.29 is 9.47 Å². The molecule has 1 heterocycles. The molecular formula is C13H18BrNO2. The molecule has 1 aromatic carbocycles. The highest BCUT2D eigenvalue weighted by Gasteiger charge is 2.13. The van der Waals surface area contributed by atoms with Gasteiger partial charge in [0.05, 0.1) is 18.9 Å². The molecule has 3 nitrogen and oxygen atoms in total. The Bertz CT molecular complexity index is 364. The van der Waals surface area contributed by atoms with Crippen LogP contribution in [0.2, 0.25) is 0 Å². The molecule has 0 amide bonds. The highest BCUT2D eigenvalue weighted by Crippen LogP contribution is 2.27. The summed E-state index contributed by atoms with van der Waals surface area (Å²) in [5.41, 5.74) is 1.05. The molecule has 0 spiro atoms. The van der Waals surface area contributed by atoms with Crippen LogP contribution >= 0.6 is 15.9 Å². The van der Waals surface area contributed by atoms with Gasteiger partial charge in [-0.1, -0.05) is 0 Å². The molecule has 1 aliphatic heterocycles. The molecule has 0 aromatic heterocycles. The van der Waals surface area contributed by atoms with Crippen LogP contribution in [-0.2, 0) is 4.74 Å². The molecule has 1 aliphatic rings. The van der Waals surface area contributed by atoms with Crippen LogP contribution in [0.3, 0.4) is 0 Å². The van der Waals surface area contributed by atoms with Crippen molar-refractivity contribution in [2.24, 2.45) is 0 Å². The van der Waals surface area contributed by atoms with Crippen molar-refractivity contribution in [2.75, 3.05) is 25.6 Å². The van der Waals surface area contributed by atoms with Crippen LogP contribution in [0.5, 0.6) is 5.75 Å². The molecule has 1 unspecified atom stereocenters. The van der Waals surface area contributed by atoms with E-state index in [9.17, 15) is 0 Å². The van der Waals surface area contributed by atoms with E-state index >= 15 is 0 Å². The van der Waals surface area contributed by atoms with Gasteiger partial charge >= 0.3 is 0 Å². The lowest BCUT2D eigenvalue weighted by Crippen LogP contribution is -2.27. The van der Waals surface area contributed by atoms with Crippen molar-refractivity contribution >= 4 is 21.6 Å². The van der Waals surface area contributed by atoms with Crippen molar-refractivity contribution in [3.05, 3.63) is 22.7 Å². The fourth-order valence-electron chi connectivity index (χ4n) is 1.96.